The van der Waals surface area contributed by atoms with Gasteiger partial charge in [0.2, 0.25) is 17.7 Å². The molecule has 2 rings (SSSR count). The summed E-state index contributed by atoms with van der Waals surface area (Å²) >= 11 is 0. The van der Waals surface area contributed by atoms with Crippen molar-refractivity contribution in [2.24, 2.45) is 0 Å². The number of hydrogen-bond acceptors (Lipinski definition) is 6. The fourth-order valence-electron chi connectivity index (χ4n) is 2.35. The number of rotatable bonds is 2. The van der Waals surface area contributed by atoms with E-state index >= 15 is 0 Å². The van der Waals surface area contributed by atoms with Crippen molar-refractivity contribution in [2.45, 2.75) is 25.4 Å². The fourth-order valence-corrected chi connectivity index (χ4v) is 3.79. The number of amides is 3. The lowest BCUT2D eigenvalue weighted by atomic mass is 10.1. The first-order valence-corrected chi connectivity index (χ1v) is 8.17. The molecule has 0 aromatic carbocycles. The molecular weight excluding hydrogens is 286 g/mol. The van der Waals surface area contributed by atoms with E-state index in [-0.39, 0.29) is 24.5 Å². The highest BCUT2D eigenvalue weighted by atomic mass is 32.2. The second-order valence-electron chi connectivity index (χ2n) is 5.08. The van der Waals surface area contributed by atoms with Crippen LogP contribution in [0.3, 0.4) is 0 Å². The lowest BCUT2D eigenvalue weighted by Gasteiger charge is -2.33. The zero-order valence-electron chi connectivity index (χ0n) is 11.1. The van der Waals surface area contributed by atoms with Crippen molar-refractivity contribution >= 4 is 27.6 Å². The van der Waals surface area contributed by atoms with Gasteiger partial charge in [0, 0.05) is 19.0 Å². The molecular formula is C11H17N3O5S. The van der Waals surface area contributed by atoms with Crippen LogP contribution in [0.4, 0.5) is 0 Å². The number of carbonyl (C=O) groups excluding carboxylic acids is 3. The summed E-state index contributed by atoms with van der Waals surface area (Å²) in [6.45, 7) is 1.67. The van der Waals surface area contributed by atoms with Crippen molar-refractivity contribution in [1.29, 1.82) is 0 Å². The van der Waals surface area contributed by atoms with Crippen LogP contribution in [0.15, 0.2) is 0 Å². The molecule has 2 aliphatic heterocycles. The van der Waals surface area contributed by atoms with Gasteiger partial charge in [-0.05, 0) is 6.92 Å². The molecule has 2 saturated heterocycles. The van der Waals surface area contributed by atoms with Gasteiger partial charge in [-0.1, -0.05) is 0 Å². The van der Waals surface area contributed by atoms with E-state index in [1.165, 1.54) is 11.8 Å². The van der Waals surface area contributed by atoms with Gasteiger partial charge < -0.3 is 10.2 Å². The summed E-state index contributed by atoms with van der Waals surface area (Å²) in [4.78, 5) is 36.1. The largest absolute Gasteiger partial charge is 0.322 e. The Bertz CT molecular complexity index is 544. The molecule has 8 nitrogen and oxygen atoms in total. The monoisotopic (exact) mass is 303 g/mol. The number of sulfone groups is 1. The van der Waals surface area contributed by atoms with E-state index in [0.717, 1.165) is 0 Å². The smallest absolute Gasteiger partial charge is 0.249 e. The number of hydrogen-bond donors (Lipinski definition) is 2. The lowest BCUT2D eigenvalue weighted by Crippen LogP contribution is -2.59. The highest BCUT2D eigenvalue weighted by molar-refractivity contribution is 7.91. The van der Waals surface area contributed by atoms with Crippen LogP contribution in [0.1, 0.15) is 13.3 Å². The quantitative estimate of drug-likeness (QED) is 0.552. The third-order valence-electron chi connectivity index (χ3n) is 3.47. The van der Waals surface area contributed by atoms with Crippen LogP contribution >= 0.6 is 0 Å². The molecule has 0 aliphatic carbocycles. The third-order valence-corrected chi connectivity index (χ3v) is 5.20. The minimum atomic E-state index is -3.12. The Hall–Kier alpha value is -1.48. The Morgan fingerprint density at radius 2 is 2.10 bits per heavy atom. The van der Waals surface area contributed by atoms with Gasteiger partial charge >= 0.3 is 0 Å². The van der Waals surface area contributed by atoms with E-state index in [2.05, 4.69) is 10.6 Å². The van der Waals surface area contributed by atoms with Gasteiger partial charge in [-0.3, -0.25) is 19.7 Å². The summed E-state index contributed by atoms with van der Waals surface area (Å²) in [6, 6.07) is -1.19. The molecule has 2 N–H and O–H groups in total. The van der Waals surface area contributed by atoms with E-state index in [1.54, 1.807) is 0 Å². The first kappa shape index (κ1) is 14.9. The molecule has 0 radical (unpaired) electrons. The molecule has 2 unspecified atom stereocenters. The number of nitrogens with one attached hydrogen (secondary N) is 2. The van der Waals surface area contributed by atoms with Crippen LogP contribution in [0.2, 0.25) is 0 Å². The maximum Gasteiger partial charge on any atom is 0.249 e. The number of carbonyl (C=O) groups is 3. The van der Waals surface area contributed by atoms with Crippen molar-refractivity contribution in [3.8, 4) is 0 Å². The van der Waals surface area contributed by atoms with Crippen molar-refractivity contribution in [3.63, 3.8) is 0 Å². The van der Waals surface area contributed by atoms with Crippen molar-refractivity contribution < 1.29 is 22.8 Å². The first-order chi connectivity index (χ1) is 9.28. The molecule has 0 aromatic heterocycles. The second-order valence-corrected chi connectivity index (χ2v) is 7.31. The molecule has 2 aliphatic rings. The van der Waals surface area contributed by atoms with E-state index in [0.29, 0.717) is 6.54 Å². The summed E-state index contributed by atoms with van der Waals surface area (Å²) in [5.74, 6) is -1.46. The highest BCUT2D eigenvalue weighted by Gasteiger charge is 2.35. The van der Waals surface area contributed by atoms with Crippen molar-refractivity contribution in [1.82, 2.24) is 15.5 Å². The number of imide groups is 1. The molecule has 0 aromatic rings. The van der Waals surface area contributed by atoms with Crippen LogP contribution in [0, 0.1) is 0 Å². The Kier molecular flexibility index (Phi) is 4.09. The van der Waals surface area contributed by atoms with Crippen molar-refractivity contribution in [3.05, 3.63) is 0 Å². The predicted molar refractivity (Wildman–Crippen MR) is 69.4 cm³/mol. The normalized spacial score (nSPS) is 29.9. The molecule has 0 spiro atoms. The third kappa shape index (κ3) is 3.34. The zero-order valence-corrected chi connectivity index (χ0v) is 11.9. The molecule has 2 fully saturated rings. The zero-order chi connectivity index (χ0) is 14.9. The lowest BCUT2D eigenvalue weighted by molar-refractivity contribution is -0.149. The Balaban J connectivity index is 2.00. The molecule has 2 heterocycles. The van der Waals surface area contributed by atoms with E-state index < -0.39 is 39.6 Å². The molecule has 9 heteroatoms. The first-order valence-electron chi connectivity index (χ1n) is 6.35. The Labute approximate surface area is 116 Å². The summed E-state index contributed by atoms with van der Waals surface area (Å²) in [5, 5.41) is 5.12. The van der Waals surface area contributed by atoms with Crippen LogP contribution in [0.5, 0.6) is 0 Å². The van der Waals surface area contributed by atoms with Gasteiger partial charge in [-0.2, -0.15) is 0 Å². The minimum Gasteiger partial charge on any atom is -0.322 e. The molecule has 2 atom stereocenters. The van der Waals surface area contributed by atoms with Crippen LogP contribution < -0.4 is 10.6 Å². The number of piperazine rings is 1. The number of nitrogens with zero attached hydrogens (tertiary/aromatic N) is 1. The molecule has 20 heavy (non-hydrogen) atoms. The van der Waals surface area contributed by atoms with Gasteiger partial charge in [0.25, 0.3) is 0 Å². The van der Waals surface area contributed by atoms with Crippen LogP contribution in [-0.2, 0) is 24.2 Å². The fraction of sp³-hybridized carbons (Fsp3) is 0.727. The molecule has 3 amide bonds. The summed E-state index contributed by atoms with van der Waals surface area (Å²) < 4.78 is 23.0. The van der Waals surface area contributed by atoms with Gasteiger partial charge in [0.15, 0.2) is 9.84 Å². The second kappa shape index (κ2) is 5.49. The molecule has 0 bridgehead atoms. The van der Waals surface area contributed by atoms with E-state index in [1.807, 2.05) is 0 Å². The topological polar surface area (TPSA) is 113 Å². The van der Waals surface area contributed by atoms with Gasteiger partial charge in [-0.15, -0.1) is 0 Å². The molecule has 112 valence electrons. The predicted octanol–water partition coefficient (Wildman–Crippen LogP) is -2.36. The van der Waals surface area contributed by atoms with Crippen LogP contribution in [-0.4, -0.2) is 67.7 Å². The SMILES string of the molecule is CC1C(=O)NC(=O)CN1C(=O)CC1CS(=O)(=O)CCN1. The maximum absolute atomic E-state index is 12.1. The Morgan fingerprint density at radius 1 is 1.40 bits per heavy atom. The van der Waals surface area contributed by atoms with Crippen molar-refractivity contribution in [2.75, 3.05) is 24.6 Å². The minimum absolute atomic E-state index is 0.0376. The maximum atomic E-state index is 12.1. The van der Waals surface area contributed by atoms with Gasteiger partial charge in [0.05, 0.1) is 11.5 Å². The summed E-state index contributed by atoms with van der Waals surface area (Å²) in [7, 11) is -3.12. The Morgan fingerprint density at radius 3 is 2.75 bits per heavy atom. The van der Waals surface area contributed by atoms with E-state index in [4.69, 9.17) is 0 Å². The standard InChI is InChI=1S/C11H17N3O5S/c1-7-11(17)13-9(15)5-14(7)10(16)4-8-6-20(18,19)3-2-12-8/h7-8,12H,2-6H2,1H3,(H,13,15,17). The van der Waals surface area contributed by atoms with Crippen LogP contribution in [0.25, 0.3) is 0 Å². The summed E-state index contributed by atoms with van der Waals surface area (Å²) in [6.07, 6.45) is -0.0376. The average Bonchev–Trinajstić information content (AvgIpc) is 2.32. The van der Waals surface area contributed by atoms with E-state index in [9.17, 15) is 22.8 Å². The van der Waals surface area contributed by atoms with Gasteiger partial charge in [-0.25, -0.2) is 8.42 Å². The average molecular weight is 303 g/mol. The summed E-state index contributed by atoms with van der Waals surface area (Å²) in [5.41, 5.74) is 0. The highest BCUT2D eigenvalue weighted by Crippen LogP contribution is 2.11. The molecule has 0 saturated carbocycles. The van der Waals surface area contributed by atoms with Gasteiger partial charge in [0.1, 0.15) is 12.6 Å².